The third-order valence-corrected chi connectivity index (χ3v) is 16.6. The van der Waals surface area contributed by atoms with Gasteiger partial charge in [0.15, 0.2) is 30.8 Å². The highest BCUT2D eigenvalue weighted by Gasteiger charge is 2.54. The highest BCUT2D eigenvalue weighted by molar-refractivity contribution is 6.05. The van der Waals surface area contributed by atoms with E-state index in [0.29, 0.717) is 12.8 Å². The van der Waals surface area contributed by atoms with E-state index in [1.54, 1.807) is 0 Å². The summed E-state index contributed by atoms with van der Waals surface area (Å²) < 4.78 is 34.9. The van der Waals surface area contributed by atoms with E-state index in [2.05, 4.69) is 19.2 Å². The predicted molar refractivity (Wildman–Crippen MR) is 304 cm³/mol. The number of ketones is 1. The van der Waals surface area contributed by atoms with Crippen LogP contribution in [0.2, 0.25) is 0 Å². The first kappa shape index (κ1) is 74.6. The van der Waals surface area contributed by atoms with Gasteiger partial charge in [-0.25, -0.2) is 0 Å². The number of carbonyl (C=O) groups excluding carboxylic acids is 2. The van der Waals surface area contributed by atoms with Gasteiger partial charge >= 0.3 is 0 Å². The molecule has 484 valence electrons. The molecule has 3 fully saturated rings. The monoisotopic (exact) mass is 1180 g/mol. The van der Waals surface area contributed by atoms with Crippen LogP contribution in [-0.4, -0.2) is 220 Å². The van der Waals surface area contributed by atoms with Gasteiger partial charge in [0.25, 0.3) is 5.91 Å². The fraction of sp³-hybridized carbons (Fsp3) is 0.967. The van der Waals surface area contributed by atoms with Crippen LogP contribution in [0.4, 0.5) is 0 Å². The molecule has 14 N–H and O–H groups in total. The molecule has 0 radical (unpaired) electrons. The smallest absolute Gasteiger partial charge is 0.257 e. The summed E-state index contributed by atoms with van der Waals surface area (Å²) >= 11 is 0. The van der Waals surface area contributed by atoms with Crippen LogP contribution in [0.25, 0.3) is 0 Å². The number of Topliss-reactive ketones (excluding diaryl/α,β-unsaturated/α-hetero) is 1. The molecular formula is C60H113NO21. The van der Waals surface area contributed by atoms with E-state index < -0.39 is 154 Å². The largest absolute Gasteiger partial charge is 0.394 e. The molecule has 0 aromatic rings. The number of rotatable bonds is 47. The van der Waals surface area contributed by atoms with Crippen molar-refractivity contribution >= 4 is 11.7 Å². The highest BCUT2D eigenvalue weighted by atomic mass is 16.8. The van der Waals surface area contributed by atoms with Gasteiger partial charge in [0.1, 0.15) is 79.4 Å². The van der Waals surface area contributed by atoms with E-state index in [1.165, 1.54) is 122 Å². The molecule has 3 rings (SSSR count). The summed E-state index contributed by atoms with van der Waals surface area (Å²) in [6.45, 7) is 3.20. The zero-order valence-electron chi connectivity index (χ0n) is 49.9. The summed E-state index contributed by atoms with van der Waals surface area (Å²) in [5, 5.41) is 143. The molecular weight excluding hydrogens is 1070 g/mol. The second-order valence-corrected chi connectivity index (χ2v) is 23.6. The Morgan fingerprint density at radius 1 is 0.451 bits per heavy atom. The standard InChI is InChI=1S/C60H113NO21/c1-4-6-8-10-12-14-16-18-19-20-21-22-23-25-27-29-31-33-35-42(65)47(68)51(72)57(76)61-40(46(67)41(64)34-32-30-28-26-24-17-15-13-11-9-7-5-2)38-77-58-54(75)56(82-59-52(73)49(70)45(66)39(3)78-59)55(44(37-63)80-58)81-60-53(74)50(71)48(69)43(36-62)79-60/h39-46,48-56,58-60,62-67,69-75H,4-38H2,1-3H3,(H,61,76)/t39-,40+,41-,42-,43-,44-,45+,46+,48+,49+,50+,51-,52-,53-,54-,55-,56-,58-,59-,60+/m1/s1. The van der Waals surface area contributed by atoms with E-state index in [4.69, 9.17) is 28.4 Å². The van der Waals surface area contributed by atoms with Gasteiger partial charge in [-0.2, -0.15) is 0 Å². The Hall–Kier alpha value is -1.62. The summed E-state index contributed by atoms with van der Waals surface area (Å²) in [7, 11) is 0. The van der Waals surface area contributed by atoms with Gasteiger partial charge in [0.2, 0.25) is 0 Å². The van der Waals surface area contributed by atoms with Crippen LogP contribution in [0.3, 0.4) is 0 Å². The van der Waals surface area contributed by atoms with Gasteiger partial charge in [0, 0.05) is 0 Å². The summed E-state index contributed by atoms with van der Waals surface area (Å²) in [6.07, 6.45) is 0.0439. The highest BCUT2D eigenvalue weighted by Crippen LogP contribution is 2.34. The molecule has 3 aliphatic rings. The van der Waals surface area contributed by atoms with Crippen LogP contribution < -0.4 is 5.32 Å². The van der Waals surface area contributed by atoms with Gasteiger partial charge in [-0.1, -0.05) is 206 Å². The van der Waals surface area contributed by atoms with E-state index >= 15 is 0 Å². The summed E-state index contributed by atoms with van der Waals surface area (Å²) in [6, 6.07) is -1.62. The number of carbonyl (C=O) groups is 2. The summed E-state index contributed by atoms with van der Waals surface area (Å²) in [4.78, 5) is 26.9. The lowest BCUT2D eigenvalue weighted by Gasteiger charge is -2.49. The molecule has 0 unspecified atom stereocenters. The Morgan fingerprint density at radius 2 is 0.841 bits per heavy atom. The first-order valence-electron chi connectivity index (χ1n) is 31.9. The lowest BCUT2D eigenvalue weighted by molar-refractivity contribution is -0.386. The van der Waals surface area contributed by atoms with E-state index in [1.807, 2.05) is 0 Å². The van der Waals surface area contributed by atoms with Crippen LogP contribution in [0.1, 0.15) is 226 Å². The summed E-state index contributed by atoms with van der Waals surface area (Å²) in [5.41, 5.74) is 0. The van der Waals surface area contributed by atoms with Crippen molar-refractivity contribution in [2.75, 3.05) is 19.8 Å². The second kappa shape index (κ2) is 43.1. The number of hydrogen-bond acceptors (Lipinski definition) is 21. The maximum Gasteiger partial charge on any atom is 0.257 e. The molecule has 22 nitrogen and oxygen atoms in total. The quantitative estimate of drug-likeness (QED) is 0.0306. The minimum Gasteiger partial charge on any atom is -0.394 e. The number of aliphatic hydroxyl groups is 13. The van der Waals surface area contributed by atoms with E-state index in [9.17, 15) is 76.0 Å². The molecule has 3 heterocycles. The van der Waals surface area contributed by atoms with Crippen molar-refractivity contribution in [1.82, 2.24) is 5.32 Å². The van der Waals surface area contributed by atoms with Crippen LogP contribution in [0.15, 0.2) is 0 Å². The number of amides is 1. The molecule has 0 saturated carbocycles. The molecule has 3 saturated heterocycles. The van der Waals surface area contributed by atoms with Gasteiger partial charge in [-0.15, -0.1) is 0 Å². The lowest BCUT2D eigenvalue weighted by Crippen LogP contribution is -2.67. The third kappa shape index (κ3) is 26.4. The Bertz CT molecular complexity index is 1620. The first-order chi connectivity index (χ1) is 39.4. The minimum absolute atomic E-state index is 0.00345. The van der Waals surface area contributed by atoms with Crippen molar-refractivity contribution in [3.63, 3.8) is 0 Å². The molecule has 0 bridgehead atoms. The molecule has 20 atom stereocenters. The van der Waals surface area contributed by atoms with Crippen molar-refractivity contribution < 1.29 is 104 Å². The van der Waals surface area contributed by atoms with Crippen molar-refractivity contribution in [3.05, 3.63) is 0 Å². The number of nitrogens with one attached hydrogen (secondary N) is 1. The van der Waals surface area contributed by atoms with E-state index in [-0.39, 0.29) is 12.8 Å². The van der Waals surface area contributed by atoms with Gasteiger partial charge in [-0.3, -0.25) is 9.59 Å². The number of ether oxygens (including phenoxy) is 6. The Morgan fingerprint density at radius 3 is 1.29 bits per heavy atom. The number of aliphatic hydroxyl groups excluding tert-OH is 13. The molecule has 1 amide bonds. The molecule has 0 aromatic heterocycles. The fourth-order valence-corrected chi connectivity index (χ4v) is 11.1. The van der Waals surface area contributed by atoms with E-state index in [0.717, 1.165) is 64.2 Å². The van der Waals surface area contributed by atoms with Crippen molar-refractivity contribution in [1.29, 1.82) is 0 Å². The maximum atomic E-state index is 13.6. The molecule has 82 heavy (non-hydrogen) atoms. The molecule has 22 heteroatoms. The van der Waals surface area contributed by atoms with Gasteiger partial charge in [0.05, 0.1) is 38.1 Å². The average molecular weight is 1180 g/mol. The zero-order chi connectivity index (χ0) is 60.4. The topological polar surface area (TPSA) is 365 Å². The Labute approximate surface area is 488 Å². The van der Waals surface area contributed by atoms with Crippen molar-refractivity contribution in [2.24, 2.45) is 0 Å². The van der Waals surface area contributed by atoms with Crippen molar-refractivity contribution in [3.8, 4) is 0 Å². The summed E-state index contributed by atoms with van der Waals surface area (Å²) in [5.74, 6) is -2.49. The SMILES string of the molecule is CCCCCCCCCCCCCCCCCCCC[C@@H](O)C(=O)[C@@H](O)C(=O)N[C@@H](CO[C@@H]1O[C@H](CO)[C@@H](O[C@@H]2O[C@H](CO)[C@H](O)[C@H](O)[C@H]2O)[C@H](O[C@H]2O[C@H](C)[C@H](O)[C@H](O)[C@H]2O)[C@H]1O)[C@H](O)[C@H](O)CCCCCCCCCCCCCC. The van der Waals surface area contributed by atoms with Crippen LogP contribution in [0, 0.1) is 0 Å². The molecule has 0 aliphatic carbocycles. The zero-order valence-corrected chi connectivity index (χ0v) is 49.9. The average Bonchev–Trinajstić information content (AvgIpc) is 3.08. The third-order valence-electron chi connectivity index (χ3n) is 16.6. The molecule has 0 spiro atoms. The van der Waals surface area contributed by atoms with Gasteiger partial charge < -0.3 is 100 Å². The number of hydrogen-bond donors (Lipinski definition) is 14. The fourth-order valence-electron chi connectivity index (χ4n) is 11.1. The molecule has 0 aromatic carbocycles. The van der Waals surface area contributed by atoms with Crippen LogP contribution >= 0.6 is 0 Å². The van der Waals surface area contributed by atoms with Crippen LogP contribution in [-0.2, 0) is 38.0 Å². The first-order valence-corrected chi connectivity index (χ1v) is 31.9. The maximum absolute atomic E-state index is 13.6. The van der Waals surface area contributed by atoms with Crippen molar-refractivity contribution in [2.45, 2.75) is 349 Å². The normalized spacial score (nSPS) is 30.7. The predicted octanol–water partition coefficient (Wildman–Crippen LogP) is 3.50. The second-order valence-electron chi connectivity index (χ2n) is 23.6. The van der Waals surface area contributed by atoms with Crippen LogP contribution in [0.5, 0.6) is 0 Å². The lowest BCUT2D eigenvalue weighted by atomic mass is 9.96. The Balaban J connectivity index is 1.66. The minimum atomic E-state index is -2.39. The Kier molecular flexibility index (Phi) is 39.2. The molecule has 3 aliphatic heterocycles. The number of unbranched alkanes of at least 4 members (excludes halogenated alkanes) is 28. The van der Waals surface area contributed by atoms with Gasteiger partial charge in [-0.05, 0) is 19.8 Å².